The lowest BCUT2D eigenvalue weighted by molar-refractivity contribution is 0.131. The monoisotopic (exact) mass is 251 g/mol. The van der Waals surface area contributed by atoms with Gasteiger partial charge in [0, 0.05) is 36.8 Å². The van der Waals surface area contributed by atoms with E-state index >= 15 is 0 Å². The van der Waals surface area contributed by atoms with Crippen LogP contribution >= 0.6 is 0 Å². The zero-order valence-corrected chi connectivity index (χ0v) is 12.0. The summed E-state index contributed by atoms with van der Waals surface area (Å²) in [7, 11) is 2.36. The van der Waals surface area contributed by atoms with Gasteiger partial charge in [-0.15, -0.1) is 0 Å². The summed E-state index contributed by atoms with van der Waals surface area (Å²) in [6.07, 6.45) is 9.33. The molecule has 18 heavy (non-hydrogen) atoms. The van der Waals surface area contributed by atoms with Gasteiger partial charge in [0.1, 0.15) is 0 Å². The fourth-order valence-electron chi connectivity index (χ4n) is 4.04. The lowest BCUT2D eigenvalue weighted by atomic mass is 9.90. The van der Waals surface area contributed by atoms with Gasteiger partial charge in [-0.05, 0) is 58.9 Å². The van der Waals surface area contributed by atoms with Crippen molar-refractivity contribution < 1.29 is 0 Å². The van der Waals surface area contributed by atoms with Gasteiger partial charge in [0.25, 0.3) is 0 Å². The van der Waals surface area contributed by atoms with Gasteiger partial charge in [-0.25, -0.2) is 0 Å². The molecule has 0 aromatic carbocycles. The Kier molecular flexibility index (Phi) is 3.65. The predicted octanol–water partition coefficient (Wildman–Crippen LogP) is 1.81. The van der Waals surface area contributed by atoms with Gasteiger partial charge in [0.05, 0.1) is 0 Å². The molecule has 2 unspecified atom stereocenters. The molecule has 3 fully saturated rings. The third-order valence-corrected chi connectivity index (χ3v) is 5.51. The minimum absolute atomic E-state index is 0.472. The van der Waals surface area contributed by atoms with Crippen LogP contribution in [0.1, 0.15) is 51.9 Å². The van der Waals surface area contributed by atoms with Crippen LogP contribution in [0.15, 0.2) is 0 Å². The zero-order valence-electron chi connectivity index (χ0n) is 12.0. The average Bonchev–Trinajstić information content (AvgIpc) is 3.13. The summed E-state index contributed by atoms with van der Waals surface area (Å²) in [5.41, 5.74) is 6.02. The highest BCUT2D eigenvalue weighted by Crippen LogP contribution is 2.35. The van der Waals surface area contributed by atoms with E-state index < -0.39 is 0 Å². The van der Waals surface area contributed by atoms with Crippen LogP contribution in [0.5, 0.6) is 0 Å². The van der Waals surface area contributed by atoms with E-state index in [2.05, 4.69) is 23.8 Å². The highest BCUT2D eigenvalue weighted by atomic mass is 15.3. The smallest absolute Gasteiger partial charge is 0.0238 e. The summed E-state index contributed by atoms with van der Waals surface area (Å²) in [4.78, 5) is 5.44. The van der Waals surface area contributed by atoms with Gasteiger partial charge >= 0.3 is 0 Å². The third kappa shape index (κ3) is 2.59. The predicted molar refractivity (Wildman–Crippen MR) is 75.6 cm³/mol. The van der Waals surface area contributed by atoms with Gasteiger partial charge in [-0.3, -0.25) is 9.80 Å². The molecule has 0 spiro atoms. The molecular weight excluding hydrogens is 222 g/mol. The molecule has 0 aromatic heterocycles. The first kappa shape index (κ1) is 12.9. The maximum Gasteiger partial charge on any atom is 0.0238 e. The molecule has 3 heteroatoms. The third-order valence-electron chi connectivity index (χ3n) is 5.51. The topological polar surface area (TPSA) is 32.5 Å². The summed E-state index contributed by atoms with van der Waals surface area (Å²) >= 11 is 0. The minimum atomic E-state index is 0.472. The van der Waals surface area contributed by atoms with Crippen LogP contribution in [0, 0.1) is 0 Å². The molecule has 2 aliphatic carbocycles. The minimum Gasteiger partial charge on any atom is -0.328 e. The van der Waals surface area contributed by atoms with Gasteiger partial charge in [-0.2, -0.15) is 0 Å². The highest BCUT2D eigenvalue weighted by molar-refractivity contribution is 4.97. The summed E-state index contributed by atoms with van der Waals surface area (Å²) in [5, 5.41) is 0. The fourth-order valence-corrected chi connectivity index (χ4v) is 4.04. The van der Waals surface area contributed by atoms with Crippen molar-refractivity contribution in [2.45, 2.75) is 82.1 Å². The number of likely N-dealkylation sites (N-methyl/N-ethyl adjacent to an activating group) is 1. The van der Waals surface area contributed by atoms with E-state index in [0.717, 1.165) is 24.2 Å². The number of likely N-dealkylation sites (tertiary alicyclic amines) is 1. The first-order chi connectivity index (χ1) is 8.65. The summed E-state index contributed by atoms with van der Waals surface area (Å²) in [5.74, 6) is 0. The van der Waals surface area contributed by atoms with Crippen LogP contribution < -0.4 is 5.73 Å². The van der Waals surface area contributed by atoms with Gasteiger partial charge in [0.2, 0.25) is 0 Å². The number of nitrogens with two attached hydrogens (primary N) is 1. The maximum absolute atomic E-state index is 6.02. The SMILES string of the molecule is CC1CC(N(C)C2CCC(N)CC2)CN1C1CC1. The average molecular weight is 251 g/mol. The Bertz CT molecular complexity index is 281. The van der Waals surface area contributed by atoms with Crippen LogP contribution in [0.3, 0.4) is 0 Å². The maximum atomic E-state index is 6.02. The van der Waals surface area contributed by atoms with Crippen LogP contribution in [-0.4, -0.2) is 53.6 Å². The van der Waals surface area contributed by atoms with Crippen molar-refractivity contribution in [3.05, 3.63) is 0 Å². The molecule has 3 rings (SSSR count). The molecule has 1 saturated heterocycles. The largest absolute Gasteiger partial charge is 0.328 e. The summed E-state index contributed by atoms with van der Waals surface area (Å²) in [6.45, 7) is 3.73. The molecule has 0 radical (unpaired) electrons. The molecule has 3 nitrogen and oxygen atoms in total. The number of nitrogens with zero attached hydrogens (tertiary/aromatic N) is 2. The van der Waals surface area contributed by atoms with E-state index in [1.807, 2.05) is 0 Å². The van der Waals surface area contributed by atoms with Crippen molar-refractivity contribution in [2.24, 2.45) is 5.73 Å². The Hall–Kier alpha value is -0.120. The highest BCUT2D eigenvalue weighted by Gasteiger charge is 2.41. The Labute approximate surface area is 112 Å². The van der Waals surface area contributed by atoms with Crippen molar-refractivity contribution in [2.75, 3.05) is 13.6 Å². The molecule has 2 N–H and O–H groups in total. The van der Waals surface area contributed by atoms with Gasteiger partial charge < -0.3 is 5.73 Å². The normalized spacial score (nSPS) is 42.7. The second-order valence-corrected chi connectivity index (χ2v) is 6.90. The second-order valence-electron chi connectivity index (χ2n) is 6.90. The Morgan fingerprint density at radius 2 is 1.67 bits per heavy atom. The van der Waals surface area contributed by atoms with Crippen LogP contribution in [0.4, 0.5) is 0 Å². The molecule has 2 saturated carbocycles. The van der Waals surface area contributed by atoms with Crippen LogP contribution in [-0.2, 0) is 0 Å². The number of rotatable bonds is 3. The molecule has 2 atom stereocenters. The number of hydrogen-bond acceptors (Lipinski definition) is 3. The van der Waals surface area contributed by atoms with Crippen molar-refractivity contribution in [3.8, 4) is 0 Å². The lowest BCUT2D eigenvalue weighted by Crippen LogP contribution is -2.45. The van der Waals surface area contributed by atoms with Crippen molar-refractivity contribution in [1.29, 1.82) is 0 Å². The van der Waals surface area contributed by atoms with Crippen molar-refractivity contribution >= 4 is 0 Å². The quantitative estimate of drug-likeness (QED) is 0.830. The molecule has 1 heterocycles. The molecule has 0 amide bonds. The van der Waals surface area contributed by atoms with Gasteiger partial charge in [0.15, 0.2) is 0 Å². The molecule has 104 valence electrons. The van der Waals surface area contributed by atoms with E-state index in [-0.39, 0.29) is 0 Å². The van der Waals surface area contributed by atoms with Crippen LogP contribution in [0.2, 0.25) is 0 Å². The number of hydrogen-bond donors (Lipinski definition) is 1. The Morgan fingerprint density at radius 1 is 1.00 bits per heavy atom. The summed E-state index contributed by atoms with van der Waals surface area (Å²) in [6, 6.07) is 3.79. The molecule has 0 aromatic rings. The van der Waals surface area contributed by atoms with Crippen molar-refractivity contribution in [1.82, 2.24) is 9.80 Å². The first-order valence-corrected chi connectivity index (χ1v) is 7.88. The molecule has 1 aliphatic heterocycles. The first-order valence-electron chi connectivity index (χ1n) is 7.88. The van der Waals surface area contributed by atoms with E-state index in [9.17, 15) is 0 Å². The van der Waals surface area contributed by atoms with Crippen molar-refractivity contribution in [3.63, 3.8) is 0 Å². The Balaban J connectivity index is 1.54. The standard InChI is InChI=1S/C15H29N3/c1-11-9-15(10-18(11)14-7-8-14)17(2)13-5-3-12(16)4-6-13/h11-15H,3-10,16H2,1-2H3. The van der Waals surface area contributed by atoms with E-state index in [1.54, 1.807) is 0 Å². The Morgan fingerprint density at radius 3 is 2.28 bits per heavy atom. The lowest BCUT2D eigenvalue weighted by Gasteiger charge is -2.37. The fraction of sp³-hybridized carbons (Fsp3) is 1.00. The zero-order chi connectivity index (χ0) is 12.7. The van der Waals surface area contributed by atoms with E-state index in [0.29, 0.717) is 6.04 Å². The molecule has 3 aliphatic rings. The second kappa shape index (κ2) is 5.10. The summed E-state index contributed by atoms with van der Waals surface area (Å²) < 4.78 is 0. The molecular formula is C15H29N3. The molecule has 0 bridgehead atoms. The van der Waals surface area contributed by atoms with E-state index in [1.165, 1.54) is 51.5 Å². The van der Waals surface area contributed by atoms with Crippen LogP contribution in [0.25, 0.3) is 0 Å². The van der Waals surface area contributed by atoms with Gasteiger partial charge in [-0.1, -0.05) is 0 Å². The van der Waals surface area contributed by atoms with E-state index in [4.69, 9.17) is 5.73 Å².